The third-order valence-electron chi connectivity index (χ3n) is 2.74. The van der Waals surface area contributed by atoms with Crippen LogP contribution in [0.3, 0.4) is 0 Å². The minimum absolute atomic E-state index is 0.386. The second-order valence-electron chi connectivity index (χ2n) is 3.77. The van der Waals surface area contributed by atoms with E-state index in [1.54, 1.807) is 18.2 Å². The average molecular weight is 267 g/mol. The SMILES string of the molecule is CCN(CC)c1noc(-c2cccc(Cl)c2N)n1. The summed E-state index contributed by atoms with van der Waals surface area (Å²) in [4.78, 5) is 6.33. The van der Waals surface area contributed by atoms with Gasteiger partial charge < -0.3 is 15.2 Å². The van der Waals surface area contributed by atoms with Crippen LogP contribution in [0.2, 0.25) is 5.02 Å². The highest BCUT2D eigenvalue weighted by Crippen LogP contribution is 2.31. The summed E-state index contributed by atoms with van der Waals surface area (Å²) in [5.41, 5.74) is 7.00. The Balaban J connectivity index is 2.38. The van der Waals surface area contributed by atoms with E-state index in [-0.39, 0.29) is 0 Å². The van der Waals surface area contributed by atoms with Crippen molar-refractivity contribution in [2.45, 2.75) is 13.8 Å². The summed E-state index contributed by atoms with van der Waals surface area (Å²) in [6, 6.07) is 5.33. The molecule has 0 bridgehead atoms. The van der Waals surface area contributed by atoms with E-state index in [2.05, 4.69) is 10.1 Å². The number of benzene rings is 1. The summed E-state index contributed by atoms with van der Waals surface area (Å²) in [7, 11) is 0. The molecule has 2 aromatic rings. The molecule has 2 rings (SSSR count). The van der Waals surface area contributed by atoms with Crippen molar-refractivity contribution in [2.24, 2.45) is 0 Å². The summed E-state index contributed by atoms with van der Waals surface area (Å²) >= 11 is 5.96. The number of anilines is 2. The Morgan fingerprint density at radius 2 is 2.06 bits per heavy atom. The average Bonchev–Trinajstić information content (AvgIpc) is 2.84. The second kappa shape index (κ2) is 5.27. The lowest BCUT2D eigenvalue weighted by atomic mass is 10.2. The Morgan fingerprint density at radius 3 is 2.72 bits per heavy atom. The van der Waals surface area contributed by atoms with Crippen LogP contribution in [0.5, 0.6) is 0 Å². The van der Waals surface area contributed by atoms with Crippen molar-refractivity contribution >= 4 is 23.2 Å². The van der Waals surface area contributed by atoms with Crippen molar-refractivity contribution in [3.63, 3.8) is 0 Å². The molecule has 0 aliphatic rings. The molecular formula is C12H15ClN4O. The zero-order chi connectivity index (χ0) is 13.1. The number of nitrogens with two attached hydrogens (primary N) is 1. The van der Waals surface area contributed by atoms with Gasteiger partial charge in [0.2, 0.25) is 0 Å². The monoisotopic (exact) mass is 266 g/mol. The molecule has 6 heteroatoms. The molecule has 18 heavy (non-hydrogen) atoms. The Labute approximate surface area is 111 Å². The van der Waals surface area contributed by atoms with Gasteiger partial charge in [0.1, 0.15) is 0 Å². The van der Waals surface area contributed by atoms with E-state index in [1.807, 2.05) is 18.7 Å². The first-order chi connectivity index (χ1) is 8.67. The maximum absolute atomic E-state index is 5.96. The zero-order valence-corrected chi connectivity index (χ0v) is 11.1. The van der Waals surface area contributed by atoms with Gasteiger partial charge in [-0.3, -0.25) is 0 Å². The van der Waals surface area contributed by atoms with Crippen LogP contribution >= 0.6 is 11.6 Å². The largest absolute Gasteiger partial charge is 0.397 e. The molecule has 0 amide bonds. The molecule has 0 saturated carbocycles. The first-order valence-electron chi connectivity index (χ1n) is 5.80. The van der Waals surface area contributed by atoms with Crippen molar-refractivity contribution in [2.75, 3.05) is 23.7 Å². The Hall–Kier alpha value is -1.75. The standard InChI is InChI=1S/C12H15ClN4O/c1-3-17(4-2)12-15-11(18-16-12)8-6-5-7-9(13)10(8)14/h5-7H,3-4,14H2,1-2H3. The first kappa shape index (κ1) is 12.7. The first-order valence-corrected chi connectivity index (χ1v) is 6.18. The Bertz CT molecular complexity index is 537. The van der Waals surface area contributed by atoms with E-state index >= 15 is 0 Å². The number of hydrogen-bond acceptors (Lipinski definition) is 5. The van der Waals surface area contributed by atoms with Crippen molar-refractivity contribution in [3.8, 4) is 11.5 Å². The molecule has 2 N–H and O–H groups in total. The molecule has 0 fully saturated rings. The lowest BCUT2D eigenvalue weighted by Crippen LogP contribution is -2.22. The maximum Gasteiger partial charge on any atom is 0.266 e. The molecule has 5 nitrogen and oxygen atoms in total. The number of rotatable bonds is 4. The number of aromatic nitrogens is 2. The van der Waals surface area contributed by atoms with E-state index in [9.17, 15) is 0 Å². The molecule has 0 unspecified atom stereocenters. The van der Waals surface area contributed by atoms with Gasteiger partial charge in [-0.05, 0) is 31.1 Å². The summed E-state index contributed by atoms with van der Waals surface area (Å²) < 4.78 is 5.23. The van der Waals surface area contributed by atoms with Gasteiger partial charge in [0.05, 0.1) is 16.3 Å². The molecule has 0 aliphatic carbocycles. The van der Waals surface area contributed by atoms with Crippen molar-refractivity contribution in [3.05, 3.63) is 23.2 Å². The van der Waals surface area contributed by atoms with Crippen molar-refractivity contribution in [1.82, 2.24) is 10.1 Å². The summed E-state index contributed by atoms with van der Waals surface area (Å²) in [6.45, 7) is 5.71. The normalized spacial score (nSPS) is 10.6. The molecule has 0 aliphatic heterocycles. The van der Waals surface area contributed by atoms with Crippen LogP contribution < -0.4 is 10.6 Å². The topological polar surface area (TPSA) is 68.2 Å². The summed E-state index contributed by atoms with van der Waals surface area (Å²) in [5, 5.41) is 4.43. The molecule has 1 aromatic heterocycles. The number of nitrogen functional groups attached to an aromatic ring is 1. The third-order valence-corrected chi connectivity index (χ3v) is 3.07. The fourth-order valence-electron chi connectivity index (χ4n) is 1.68. The van der Waals surface area contributed by atoms with Gasteiger partial charge >= 0.3 is 0 Å². The van der Waals surface area contributed by atoms with Gasteiger partial charge in [0, 0.05) is 13.1 Å². The van der Waals surface area contributed by atoms with Gasteiger partial charge in [-0.15, -0.1) is 0 Å². The number of hydrogen-bond donors (Lipinski definition) is 1. The maximum atomic E-state index is 5.96. The van der Waals surface area contributed by atoms with Crippen LogP contribution in [-0.2, 0) is 0 Å². The van der Waals surface area contributed by atoms with Gasteiger partial charge in [-0.2, -0.15) is 4.98 Å². The highest BCUT2D eigenvalue weighted by molar-refractivity contribution is 6.33. The molecule has 1 heterocycles. The van der Waals surface area contributed by atoms with E-state index in [0.29, 0.717) is 28.1 Å². The molecule has 0 radical (unpaired) electrons. The van der Waals surface area contributed by atoms with Crippen LogP contribution in [0, 0.1) is 0 Å². The quantitative estimate of drug-likeness (QED) is 0.862. The highest BCUT2D eigenvalue weighted by atomic mass is 35.5. The van der Waals surface area contributed by atoms with Gasteiger partial charge in [-0.25, -0.2) is 0 Å². The number of halogens is 1. The summed E-state index contributed by atoms with van der Waals surface area (Å²) in [6.07, 6.45) is 0. The molecule has 0 atom stereocenters. The predicted molar refractivity (Wildman–Crippen MR) is 72.7 cm³/mol. The zero-order valence-electron chi connectivity index (χ0n) is 10.4. The van der Waals surface area contributed by atoms with Crippen LogP contribution in [0.15, 0.2) is 22.7 Å². The van der Waals surface area contributed by atoms with E-state index < -0.39 is 0 Å². The Morgan fingerprint density at radius 1 is 1.33 bits per heavy atom. The predicted octanol–water partition coefficient (Wildman–Crippen LogP) is 2.82. The molecular weight excluding hydrogens is 252 g/mol. The van der Waals surface area contributed by atoms with Crippen molar-refractivity contribution in [1.29, 1.82) is 0 Å². The van der Waals surface area contributed by atoms with Gasteiger partial charge in [-0.1, -0.05) is 17.7 Å². The minimum atomic E-state index is 0.386. The highest BCUT2D eigenvalue weighted by Gasteiger charge is 2.15. The third kappa shape index (κ3) is 2.26. The van der Waals surface area contributed by atoms with E-state index in [1.165, 1.54) is 0 Å². The molecule has 0 saturated heterocycles. The number of nitrogens with zero attached hydrogens (tertiary/aromatic N) is 3. The smallest absolute Gasteiger partial charge is 0.266 e. The van der Waals surface area contributed by atoms with Crippen molar-refractivity contribution < 1.29 is 4.52 Å². The summed E-state index contributed by atoms with van der Waals surface area (Å²) in [5.74, 6) is 0.950. The molecule has 0 spiro atoms. The number of para-hydroxylation sites is 1. The lowest BCUT2D eigenvalue weighted by molar-refractivity contribution is 0.429. The second-order valence-corrected chi connectivity index (χ2v) is 4.18. The Kier molecular flexibility index (Phi) is 3.72. The molecule has 96 valence electrons. The van der Waals surface area contributed by atoms with E-state index in [0.717, 1.165) is 13.1 Å². The minimum Gasteiger partial charge on any atom is -0.397 e. The van der Waals surface area contributed by atoms with Gasteiger partial charge in [0.25, 0.3) is 11.8 Å². The van der Waals surface area contributed by atoms with Crippen LogP contribution in [0.1, 0.15) is 13.8 Å². The fourth-order valence-corrected chi connectivity index (χ4v) is 1.86. The van der Waals surface area contributed by atoms with E-state index in [4.69, 9.17) is 21.9 Å². The van der Waals surface area contributed by atoms with Crippen LogP contribution in [0.4, 0.5) is 11.6 Å². The lowest BCUT2D eigenvalue weighted by Gasteiger charge is -2.14. The molecule has 1 aromatic carbocycles. The van der Waals surface area contributed by atoms with Gasteiger partial charge in [0.15, 0.2) is 0 Å². The van der Waals surface area contributed by atoms with Crippen LogP contribution in [-0.4, -0.2) is 23.2 Å². The van der Waals surface area contributed by atoms with Crippen LogP contribution in [0.25, 0.3) is 11.5 Å². The fraction of sp³-hybridized carbons (Fsp3) is 0.333.